The average Bonchev–Trinajstić information content (AvgIpc) is 2.51. The third-order valence-corrected chi connectivity index (χ3v) is 3.16. The zero-order chi connectivity index (χ0) is 16.4. The van der Waals surface area contributed by atoms with Crippen LogP contribution in [0.2, 0.25) is 0 Å². The summed E-state index contributed by atoms with van der Waals surface area (Å²) in [6, 6.07) is 9.22. The van der Waals surface area contributed by atoms with Gasteiger partial charge in [0, 0.05) is 18.7 Å². The molecule has 1 rings (SSSR count). The van der Waals surface area contributed by atoms with Gasteiger partial charge in [-0.05, 0) is 32.3 Å². The maximum atomic E-state index is 11.8. The van der Waals surface area contributed by atoms with Crippen molar-refractivity contribution in [2.24, 2.45) is 5.73 Å². The largest absolute Gasteiger partial charge is 0.353 e. The summed E-state index contributed by atoms with van der Waals surface area (Å²) in [5.41, 5.74) is 6.77. The van der Waals surface area contributed by atoms with Crippen LogP contribution in [0, 0.1) is 0 Å². The molecule has 1 aromatic rings. The van der Waals surface area contributed by atoms with Gasteiger partial charge in [-0.1, -0.05) is 36.4 Å². The third-order valence-electron chi connectivity index (χ3n) is 3.16. The Morgan fingerprint density at radius 2 is 1.95 bits per heavy atom. The number of likely N-dealkylation sites (N-methyl/N-ethyl adjacent to an activating group) is 1. The van der Waals surface area contributed by atoms with Gasteiger partial charge in [0.1, 0.15) is 0 Å². The number of benzene rings is 1. The summed E-state index contributed by atoms with van der Waals surface area (Å²) in [4.78, 5) is 23.3. The number of nitrogens with two attached hydrogens (primary N) is 1. The van der Waals surface area contributed by atoms with Gasteiger partial charge >= 0.3 is 0 Å². The van der Waals surface area contributed by atoms with Gasteiger partial charge in [-0.3, -0.25) is 9.59 Å². The fraction of sp³-hybridized carbons (Fsp3) is 0.412. The van der Waals surface area contributed by atoms with E-state index >= 15 is 0 Å². The van der Waals surface area contributed by atoms with E-state index in [1.54, 1.807) is 13.0 Å². The molecule has 0 saturated carbocycles. The minimum atomic E-state index is -0.572. The van der Waals surface area contributed by atoms with Crippen LogP contribution in [0.1, 0.15) is 25.8 Å². The van der Waals surface area contributed by atoms with Crippen LogP contribution in [0.3, 0.4) is 0 Å². The maximum absolute atomic E-state index is 11.8. The second-order valence-corrected chi connectivity index (χ2v) is 5.18. The smallest absolute Gasteiger partial charge is 0.243 e. The molecule has 0 heterocycles. The molecule has 4 N–H and O–H groups in total. The van der Waals surface area contributed by atoms with Gasteiger partial charge in [-0.25, -0.2) is 0 Å². The van der Waals surface area contributed by atoms with Crippen molar-refractivity contribution in [2.75, 3.05) is 6.54 Å². The summed E-state index contributed by atoms with van der Waals surface area (Å²) in [5, 5.41) is 5.54. The molecule has 0 aliphatic heterocycles. The van der Waals surface area contributed by atoms with E-state index < -0.39 is 6.04 Å². The molecule has 0 fully saturated rings. The normalized spacial score (nSPS) is 13.6. The van der Waals surface area contributed by atoms with E-state index in [9.17, 15) is 9.59 Å². The Kier molecular flexibility index (Phi) is 7.92. The van der Waals surface area contributed by atoms with Gasteiger partial charge in [0.05, 0.1) is 6.04 Å². The highest BCUT2D eigenvalue weighted by Crippen LogP contribution is 2.06. The van der Waals surface area contributed by atoms with Crippen molar-refractivity contribution in [3.63, 3.8) is 0 Å². The van der Waals surface area contributed by atoms with Crippen molar-refractivity contribution in [3.8, 4) is 0 Å². The molecular weight excluding hydrogens is 278 g/mol. The first-order chi connectivity index (χ1) is 10.5. The summed E-state index contributed by atoms with van der Waals surface area (Å²) in [6.45, 7) is 4.07. The van der Waals surface area contributed by atoms with Gasteiger partial charge in [-0.2, -0.15) is 0 Å². The number of carbonyl (C=O) groups is 2. The van der Waals surface area contributed by atoms with Gasteiger partial charge in [-0.15, -0.1) is 0 Å². The summed E-state index contributed by atoms with van der Waals surface area (Å²) in [6.07, 6.45) is 4.69. The van der Waals surface area contributed by atoms with Crippen LogP contribution < -0.4 is 16.4 Å². The maximum Gasteiger partial charge on any atom is 0.243 e. The van der Waals surface area contributed by atoms with Gasteiger partial charge in [0.15, 0.2) is 0 Å². The molecule has 1 aromatic carbocycles. The molecule has 5 heteroatoms. The SMILES string of the molecule is CCNC(=O)/C=C/[C@H](CCc1ccccc1)NC(=O)[C@H](C)N. The first kappa shape index (κ1) is 17.9. The molecule has 22 heavy (non-hydrogen) atoms. The molecule has 0 saturated heterocycles. The minimum Gasteiger partial charge on any atom is -0.353 e. The molecular formula is C17H25N3O2. The first-order valence-electron chi connectivity index (χ1n) is 7.58. The van der Waals surface area contributed by atoms with Crippen LogP contribution >= 0.6 is 0 Å². The zero-order valence-corrected chi connectivity index (χ0v) is 13.2. The predicted molar refractivity (Wildman–Crippen MR) is 88.2 cm³/mol. The van der Waals surface area contributed by atoms with Gasteiger partial charge in [0.25, 0.3) is 0 Å². The lowest BCUT2D eigenvalue weighted by Crippen LogP contribution is -2.43. The summed E-state index contributed by atoms with van der Waals surface area (Å²) in [7, 11) is 0. The van der Waals surface area contributed by atoms with Crippen LogP contribution in [0.15, 0.2) is 42.5 Å². The Bertz CT molecular complexity index is 498. The summed E-state index contributed by atoms with van der Waals surface area (Å²) in [5.74, 6) is -0.388. The molecule has 5 nitrogen and oxygen atoms in total. The minimum absolute atomic E-state index is 0.165. The van der Waals surface area contributed by atoms with Crippen LogP contribution in [0.25, 0.3) is 0 Å². The van der Waals surface area contributed by atoms with E-state index in [0.717, 1.165) is 6.42 Å². The zero-order valence-electron chi connectivity index (χ0n) is 13.2. The standard InChI is InChI=1S/C17H25N3O2/c1-3-19-16(21)12-11-15(20-17(22)13(2)18)10-9-14-7-5-4-6-8-14/h4-8,11-13,15H,3,9-10,18H2,1-2H3,(H,19,21)(H,20,22)/b12-11+/t13-,15-/m0/s1. The van der Waals surface area contributed by atoms with Crippen molar-refractivity contribution in [3.05, 3.63) is 48.0 Å². The summed E-state index contributed by atoms with van der Waals surface area (Å²) >= 11 is 0. The number of amides is 2. The number of nitrogens with one attached hydrogen (secondary N) is 2. The van der Waals surface area contributed by atoms with E-state index in [-0.39, 0.29) is 17.9 Å². The monoisotopic (exact) mass is 303 g/mol. The average molecular weight is 303 g/mol. The van der Waals surface area contributed by atoms with E-state index in [1.165, 1.54) is 11.6 Å². The van der Waals surface area contributed by atoms with Crippen LogP contribution in [0.4, 0.5) is 0 Å². The Morgan fingerprint density at radius 3 is 2.55 bits per heavy atom. The van der Waals surface area contributed by atoms with Gasteiger partial charge in [0.2, 0.25) is 11.8 Å². The third kappa shape index (κ3) is 7.04. The molecule has 2 amide bonds. The lowest BCUT2D eigenvalue weighted by Gasteiger charge is -2.17. The lowest BCUT2D eigenvalue weighted by molar-refractivity contribution is -0.122. The Balaban J connectivity index is 2.64. The van der Waals surface area contributed by atoms with Crippen LogP contribution in [-0.2, 0) is 16.0 Å². The molecule has 0 spiro atoms. The Hall–Kier alpha value is -2.14. The fourth-order valence-electron chi connectivity index (χ4n) is 1.93. The molecule has 2 atom stereocenters. The highest BCUT2D eigenvalue weighted by atomic mass is 16.2. The Morgan fingerprint density at radius 1 is 1.27 bits per heavy atom. The first-order valence-corrected chi connectivity index (χ1v) is 7.58. The highest BCUT2D eigenvalue weighted by Gasteiger charge is 2.13. The van der Waals surface area contributed by atoms with E-state index in [2.05, 4.69) is 10.6 Å². The van der Waals surface area contributed by atoms with E-state index in [0.29, 0.717) is 13.0 Å². The number of aryl methyl sites for hydroxylation is 1. The van der Waals surface area contributed by atoms with Gasteiger partial charge < -0.3 is 16.4 Å². The molecule has 0 unspecified atom stereocenters. The second kappa shape index (κ2) is 9.73. The number of hydrogen-bond donors (Lipinski definition) is 3. The van der Waals surface area contributed by atoms with Crippen molar-refractivity contribution < 1.29 is 9.59 Å². The van der Waals surface area contributed by atoms with Crippen molar-refractivity contribution >= 4 is 11.8 Å². The number of hydrogen-bond acceptors (Lipinski definition) is 3. The number of rotatable bonds is 8. The van der Waals surface area contributed by atoms with Crippen molar-refractivity contribution in [2.45, 2.75) is 38.8 Å². The topological polar surface area (TPSA) is 84.2 Å². The molecule has 0 aliphatic rings. The number of carbonyl (C=O) groups excluding carboxylic acids is 2. The molecule has 0 radical (unpaired) electrons. The molecule has 0 aliphatic carbocycles. The summed E-state index contributed by atoms with van der Waals surface area (Å²) < 4.78 is 0. The highest BCUT2D eigenvalue weighted by molar-refractivity contribution is 5.87. The van der Waals surface area contributed by atoms with Crippen LogP contribution in [-0.4, -0.2) is 30.4 Å². The second-order valence-electron chi connectivity index (χ2n) is 5.18. The van der Waals surface area contributed by atoms with Crippen molar-refractivity contribution in [1.82, 2.24) is 10.6 Å². The molecule has 0 aromatic heterocycles. The lowest BCUT2D eigenvalue weighted by atomic mass is 10.0. The molecule has 120 valence electrons. The molecule has 0 bridgehead atoms. The predicted octanol–water partition coefficient (Wildman–Crippen LogP) is 1.14. The van der Waals surface area contributed by atoms with Crippen molar-refractivity contribution in [1.29, 1.82) is 0 Å². The van der Waals surface area contributed by atoms with E-state index in [4.69, 9.17) is 5.73 Å². The van der Waals surface area contributed by atoms with Crippen LogP contribution in [0.5, 0.6) is 0 Å². The fourth-order valence-corrected chi connectivity index (χ4v) is 1.93. The van der Waals surface area contributed by atoms with E-state index in [1.807, 2.05) is 37.3 Å². The quantitative estimate of drug-likeness (QED) is 0.630. The Labute approximate surface area is 132 Å².